The van der Waals surface area contributed by atoms with Crippen LogP contribution in [-0.2, 0) is 6.61 Å². The summed E-state index contributed by atoms with van der Waals surface area (Å²) in [5.74, 6) is 1.17. The van der Waals surface area contributed by atoms with Crippen LogP contribution in [0.1, 0.15) is 17.0 Å². The van der Waals surface area contributed by atoms with Crippen molar-refractivity contribution in [1.82, 2.24) is 9.66 Å². The molecule has 0 unspecified atom stereocenters. The molecular formula is C27H18Br3N3O2. The monoisotopic (exact) mass is 653 g/mol. The highest BCUT2D eigenvalue weighted by molar-refractivity contribution is 9.11. The predicted octanol–water partition coefficient (Wildman–Crippen LogP) is 7.61. The van der Waals surface area contributed by atoms with E-state index in [9.17, 15) is 4.79 Å². The number of aryl methyl sites for hydroxylation is 1. The molecule has 0 fully saturated rings. The Morgan fingerprint density at radius 2 is 1.71 bits per heavy atom. The lowest BCUT2D eigenvalue weighted by Gasteiger charge is -2.13. The van der Waals surface area contributed by atoms with E-state index >= 15 is 0 Å². The molecule has 174 valence electrons. The minimum atomic E-state index is -0.230. The standard InChI is InChI=1S/C27H18Br3N3O2/c1-16-32-25-10-9-19(28)12-22(25)27(34)33(16)31-14-23-21-5-3-2-4-17(21)7-11-26(23)35-15-18-6-8-20(29)13-24(18)30/h2-14H,15H2,1H3. The van der Waals surface area contributed by atoms with Gasteiger partial charge in [0.2, 0.25) is 0 Å². The lowest BCUT2D eigenvalue weighted by atomic mass is 10.0. The fourth-order valence-electron chi connectivity index (χ4n) is 3.84. The quantitative estimate of drug-likeness (QED) is 0.183. The first-order valence-electron chi connectivity index (χ1n) is 10.7. The number of halogens is 3. The van der Waals surface area contributed by atoms with Gasteiger partial charge in [-0.3, -0.25) is 4.79 Å². The van der Waals surface area contributed by atoms with Gasteiger partial charge in [0.25, 0.3) is 5.56 Å². The largest absolute Gasteiger partial charge is 0.488 e. The Kier molecular flexibility index (Phi) is 6.86. The molecule has 8 heteroatoms. The van der Waals surface area contributed by atoms with Crippen LogP contribution in [0.5, 0.6) is 5.75 Å². The molecule has 0 saturated carbocycles. The van der Waals surface area contributed by atoms with E-state index in [4.69, 9.17) is 4.74 Å². The molecular weight excluding hydrogens is 638 g/mol. The van der Waals surface area contributed by atoms with Crippen molar-refractivity contribution >= 4 is 75.7 Å². The van der Waals surface area contributed by atoms with Crippen molar-refractivity contribution in [3.05, 3.63) is 114 Å². The molecule has 0 N–H and O–H groups in total. The predicted molar refractivity (Wildman–Crippen MR) is 152 cm³/mol. The Bertz CT molecular complexity index is 1680. The number of rotatable bonds is 5. The van der Waals surface area contributed by atoms with E-state index in [1.165, 1.54) is 4.68 Å². The number of fused-ring (bicyclic) bond motifs is 2. The molecule has 0 spiro atoms. The average Bonchev–Trinajstić information content (AvgIpc) is 2.84. The van der Waals surface area contributed by atoms with Gasteiger partial charge in [0.1, 0.15) is 18.2 Å². The third-order valence-electron chi connectivity index (χ3n) is 5.60. The Morgan fingerprint density at radius 3 is 2.54 bits per heavy atom. The third-order valence-corrected chi connectivity index (χ3v) is 7.33. The highest BCUT2D eigenvalue weighted by atomic mass is 79.9. The first-order valence-corrected chi connectivity index (χ1v) is 13.1. The van der Waals surface area contributed by atoms with E-state index in [-0.39, 0.29) is 5.56 Å². The van der Waals surface area contributed by atoms with Crippen LogP contribution in [0, 0.1) is 6.92 Å². The molecule has 5 nitrogen and oxygen atoms in total. The molecule has 0 aliphatic rings. The number of hydrogen-bond donors (Lipinski definition) is 0. The Balaban J connectivity index is 1.58. The smallest absolute Gasteiger partial charge is 0.282 e. The van der Waals surface area contributed by atoms with E-state index in [2.05, 4.69) is 57.9 Å². The summed E-state index contributed by atoms with van der Waals surface area (Å²) in [5.41, 5.74) is 2.21. The van der Waals surface area contributed by atoms with Crippen LogP contribution in [0.15, 0.2) is 96.1 Å². The zero-order chi connectivity index (χ0) is 24.5. The van der Waals surface area contributed by atoms with Crippen molar-refractivity contribution in [3.8, 4) is 5.75 Å². The Hall–Kier alpha value is -2.81. The molecule has 0 bridgehead atoms. The second-order valence-corrected chi connectivity index (χ2v) is 10.6. The highest BCUT2D eigenvalue weighted by Crippen LogP contribution is 2.29. The number of ether oxygens (including phenoxy) is 1. The van der Waals surface area contributed by atoms with E-state index in [0.29, 0.717) is 29.1 Å². The van der Waals surface area contributed by atoms with Gasteiger partial charge in [-0.15, -0.1) is 0 Å². The highest BCUT2D eigenvalue weighted by Gasteiger charge is 2.11. The van der Waals surface area contributed by atoms with E-state index in [0.717, 1.165) is 35.3 Å². The SMILES string of the molecule is Cc1nc2ccc(Br)cc2c(=O)n1N=Cc1c(OCc2ccc(Br)cc2Br)ccc2ccccc12. The topological polar surface area (TPSA) is 56.5 Å². The summed E-state index contributed by atoms with van der Waals surface area (Å²) in [6, 6.07) is 23.4. The van der Waals surface area contributed by atoms with Gasteiger partial charge in [-0.1, -0.05) is 84.2 Å². The molecule has 0 saturated heterocycles. The van der Waals surface area contributed by atoms with Crippen molar-refractivity contribution in [3.63, 3.8) is 0 Å². The maximum absolute atomic E-state index is 13.2. The summed E-state index contributed by atoms with van der Waals surface area (Å²) in [6.07, 6.45) is 1.67. The van der Waals surface area contributed by atoms with Gasteiger partial charge >= 0.3 is 0 Å². The van der Waals surface area contributed by atoms with Crippen LogP contribution < -0.4 is 10.3 Å². The van der Waals surface area contributed by atoms with Gasteiger partial charge in [0.05, 0.1) is 17.1 Å². The van der Waals surface area contributed by atoms with Crippen molar-refractivity contribution < 1.29 is 4.74 Å². The van der Waals surface area contributed by atoms with Gasteiger partial charge in [0, 0.05) is 24.5 Å². The number of hydrogen-bond acceptors (Lipinski definition) is 4. The first-order chi connectivity index (χ1) is 16.9. The molecule has 0 amide bonds. The zero-order valence-electron chi connectivity index (χ0n) is 18.5. The summed E-state index contributed by atoms with van der Waals surface area (Å²) < 4.78 is 10.3. The molecule has 5 aromatic rings. The molecule has 1 heterocycles. The summed E-state index contributed by atoms with van der Waals surface area (Å²) in [7, 11) is 0. The van der Waals surface area contributed by atoms with Gasteiger partial charge in [0.15, 0.2) is 0 Å². The van der Waals surface area contributed by atoms with Crippen molar-refractivity contribution in [1.29, 1.82) is 0 Å². The summed E-state index contributed by atoms with van der Waals surface area (Å²) in [6.45, 7) is 2.14. The Labute approximate surface area is 226 Å². The van der Waals surface area contributed by atoms with Gasteiger partial charge in [-0.25, -0.2) is 4.98 Å². The van der Waals surface area contributed by atoms with E-state index in [1.54, 1.807) is 19.2 Å². The molecule has 35 heavy (non-hydrogen) atoms. The zero-order valence-corrected chi connectivity index (χ0v) is 23.3. The Morgan fingerprint density at radius 1 is 0.943 bits per heavy atom. The van der Waals surface area contributed by atoms with E-state index in [1.807, 2.05) is 66.7 Å². The van der Waals surface area contributed by atoms with Crippen molar-refractivity contribution in [2.75, 3.05) is 0 Å². The number of benzene rings is 4. The molecule has 0 radical (unpaired) electrons. The van der Waals surface area contributed by atoms with Crippen molar-refractivity contribution in [2.45, 2.75) is 13.5 Å². The lowest BCUT2D eigenvalue weighted by Crippen LogP contribution is -2.20. The van der Waals surface area contributed by atoms with Crippen LogP contribution in [0.3, 0.4) is 0 Å². The molecule has 0 aliphatic carbocycles. The van der Waals surface area contributed by atoms with Crippen LogP contribution in [0.4, 0.5) is 0 Å². The maximum Gasteiger partial charge on any atom is 0.282 e. The molecule has 5 rings (SSSR count). The molecule has 1 aromatic heterocycles. The van der Waals surface area contributed by atoms with Crippen LogP contribution >= 0.6 is 47.8 Å². The molecule has 4 aromatic carbocycles. The molecule has 0 aliphatic heterocycles. The fraction of sp³-hybridized carbons (Fsp3) is 0.0741. The summed E-state index contributed by atoms with van der Waals surface area (Å²) in [4.78, 5) is 17.8. The number of aromatic nitrogens is 2. The van der Waals surface area contributed by atoms with Crippen LogP contribution in [0.25, 0.3) is 21.7 Å². The third kappa shape index (κ3) is 4.96. The van der Waals surface area contributed by atoms with Crippen LogP contribution in [-0.4, -0.2) is 15.9 Å². The fourth-order valence-corrected chi connectivity index (χ4v) is 5.36. The lowest BCUT2D eigenvalue weighted by molar-refractivity contribution is 0.305. The summed E-state index contributed by atoms with van der Waals surface area (Å²) >= 11 is 10.5. The minimum Gasteiger partial charge on any atom is -0.488 e. The van der Waals surface area contributed by atoms with Crippen molar-refractivity contribution in [2.24, 2.45) is 5.10 Å². The van der Waals surface area contributed by atoms with E-state index < -0.39 is 0 Å². The first kappa shape index (κ1) is 23.9. The average molecular weight is 656 g/mol. The summed E-state index contributed by atoms with van der Waals surface area (Å²) in [5, 5.41) is 7.08. The second kappa shape index (κ2) is 10.0. The van der Waals surface area contributed by atoms with Gasteiger partial charge in [-0.2, -0.15) is 9.78 Å². The minimum absolute atomic E-state index is 0.230. The van der Waals surface area contributed by atoms with Crippen LogP contribution in [0.2, 0.25) is 0 Å². The maximum atomic E-state index is 13.2. The van der Waals surface area contributed by atoms with Gasteiger partial charge in [-0.05, 0) is 54.1 Å². The number of nitrogens with zero attached hydrogens (tertiary/aromatic N) is 3. The van der Waals surface area contributed by atoms with Gasteiger partial charge < -0.3 is 4.74 Å². The normalized spacial score (nSPS) is 11.5. The second-order valence-electron chi connectivity index (χ2n) is 7.90. The molecule has 0 atom stereocenters.